The van der Waals surface area contributed by atoms with Crippen molar-refractivity contribution < 1.29 is 0 Å². The lowest BCUT2D eigenvalue weighted by Gasteiger charge is -2.23. The Bertz CT molecular complexity index is 369. The maximum Gasteiger partial charge on any atom is 0.177 e. The zero-order valence-corrected chi connectivity index (χ0v) is 9.90. The number of H-pyrrole nitrogens is 1. The summed E-state index contributed by atoms with van der Waals surface area (Å²) >= 11 is 5.32. The van der Waals surface area contributed by atoms with Crippen molar-refractivity contribution >= 4 is 12.2 Å². The molecule has 0 radical (unpaired) electrons. The van der Waals surface area contributed by atoms with Crippen LogP contribution in [0.5, 0.6) is 0 Å². The van der Waals surface area contributed by atoms with E-state index in [0.29, 0.717) is 12.0 Å². The Morgan fingerprint density at radius 2 is 2.14 bits per heavy atom. The van der Waals surface area contributed by atoms with Crippen LogP contribution in [0.3, 0.4) is 0 Å². The zero-order chi connectivity index (χ0) is 10.3. The molecule has 0 spiro atoms. The lowest BCUT2D eigenvalue weighted by molar-refractivity contribution is 0.327. The smallest absolute Gasteiger partial charge is 0.177 e. The van der Waals surface area contributed by atoms with Gasteiger partial charge in [0, 0.05) is 17.9 Å². The van der Waals surface area contributed by atoms with Crippen molar-refractivity contribution in [3.05, 3.63) is 16.7 Å². The van der Waals surface area contributed by atoms with Crippen molar-refractivity contribution in [3.63, 3.8) is 0 Å². The topological polar surface area (TPSA) is 20.7 Å². The number of nitrogens with zero attached hydrogens (tertiary/aromatic N) is 1. The first-order valence-electron chi connectivity index (χ1n) is 5.37. The van der Waals surface area contributed by atoms with Gasteiger partial charge in [0.1, 0.15) is 0 Å². The second-order valence-electron chi connectivity index (χ2n) is 4.68. The van der Waals surface area contributed by atoms with Gasteiger partial charge in [0.25, 0.3) is 0 Å². The molecule has 1 unspecified atom stereocenters. The highest BCUT2D eigenvalue weighted by Crippen LogP contribution is 2.44. The van der Waals surface area contributed by atoms with E-state index in [1.807, 2.05) is 6.20 Å². The fraction of sp³-hybridized carbons (Fsp3) is 0.727. The number of hydrogen-bond acceptors (Lipinski definition) is 1. The molecule has 1 aliphatic rings. The van der Waals surface area contributed by atoms with Crippen LogP contribution in [0, 0.1) is 23.5 Å². The minimum atomic E-state index is 0.605. The molecule has 0 aliphatic heterocycles. The summed E-state index contributed by atoms with van der Waals surface area (Å²) in [6, 6.07) is 0.605. The van der Waals surface area contributed by atoms with Gasteiger partial charge in [0.05, 0.1) is 0 Å². The molecule has 0 amide bonds. The van der Waals surface area contributed by atoms with Gasteiger partial charge in [-0.15, -0.1) is 0 Å². The van der Waals surface area contributed by atoms with Gasteiger partial charge in [-0.2, -0.15) is 0 Å². The Morgan fingerprint density at radius 1 is 1.50 bits per heavy atom. The quantitative estimate of drug-likeness (QED) is 0.758. The first-order valence-corrected chi connectivity index (χ1v) is 5.78. The fourth-order valence-corrected chi connectivity index (χ4v) is 2.65. The Labute approximate surface area is 90.3 Å². The standard InChI is InChI=1S/C11H18N2S/c1-7(2)10(9-4-5-9)13-8(3)6-12-11(13)14/h6-7,9-10H,4-5H2,1-3H3,(H,12,14). The maximum atomic E-state index is 5.32. The molecule has 1 aliphatic carbocycles. The lowest BCUT2D eigenvalue weighted by atomic mass is 9.99. The summed E-state index contributed by atoms with van der Waals surface area (Å²) in [4.78, 5) is 3.13. The Kier molecular flexibility index (Phi) is 2.52. The average Bonchev–Trinajstić information content (AvgIpc) is 2.87. The van der Waals surface area contributed by atoms with Crippen LogP contribution in [0.1, 0.15) is 38.4 Å². The van der Waals surface area contributed by atoms with Gasteiger partial charge in [0.2, 0.25) is 0 Å². The molecule has 1 saturated carbocycles. The van der Waals surface area contributed by atoms with Crippen molar-refractivity contribution in [1.29, 1.82) is 0 Å². The molecule has 78 valence electrons. The van der Waals surface area contributed by atoms with Crippen LogP contribution in [0.25, 0.3) is 0 Å². The number of aryl methyl sites for hydroxylation is 1. The van der Waals surface area contributed by atoms with Crippen LogP contribution in [-0.2, 0) is 0 Å². The van der Waals surface area contributed by atoms with E-state index in [-0.39, 0.29) is 0 Å². The third-order valence-electron chi connectivity index (χ3n) is 3.09. The first-order chi connectivity index (χ1) is 6.61. The van der Waals surface area contributed by atoms with Gasteiger partial charge in [0.15, 0.2) is 4.77 Å². The molecule has 1 aromatic rings. The second-order valence-corrected chi connectivity index (χ2v) is 5.06. The largest absolute Gasteiger partial charge is 0.337 e. The highest BCUT2D eigenvalue weighted by atomic mass is 32.1. The third kappa shape index (κ3) is 1.65. The van der Waals surface area contributed by atoms with E-state index in [4.69, 9.17) is 12.2 Å². The van der Waals surface area contributed by atoms with E-state index in [2.05, 4.69) is 30.3 Å². The van der Waals surface area contributed by atoms with Crippen LogP contribution < -0.4 is 0 Å². The molecule has 0 saturated heterocycles. The van der Waals surface area contributed by atoms with Crippen LogP contribution in [0.2, 0.25) is 0 Å². The van der Waals surface area contributed by atoms with Gasteiger partial charge in [-0.3, -0.25) is 0 Å². The minimum absolute atomic E-state index is 0.605. The molecule has 3 heteroatoms. The normalized spacial score (nSPS) is 18.9. The molecule has 2 nitrogen and oxygen atoms in total. The SMILES string of the molecule is Cc1c[nH]c(=S)n1C(C(C)C)C1CC1. The summed E-state index contributed by atoms with van der Waals surface area (Å²) < 4.78 is 3.19. The summed E-state index contributed by atoms with van der Waals surface area (Å²) in [7, 11) is 0. The van der Waals surface area contributed by atoms with Gasteiger partial charge >= 0.3 is 0 Å². The van der Waals surface area contributed by atoms with Crippen LogP contribution in [-0.4, -0.2) is 9.55 Å². The molecule has 14 heavy (non-hydrogen) atoms. The highest BCUT2D eigenvalue weighted by molar-refractivity contribution is 7.71. The number of imidazole rings is 1. The minimum Gasteiger partial charge on any atom is -0.337 e. The van der Waals surface area contributed by atoms with Crippen molar-refractivity contribution in [3.8, 4) is 0 Å². The summed E-state index contributed by atoms with van der Waals surface area (Å²) in [6.07, 6.45) is 4.75. The molecule has 1 fully saturated rings. The van der Waals surface area contributed by atoms with E-state index in [9.17, 15) is 0 Å². The monoisotopic (exact) mass is 210 g/mol. The predicted octanol–water partition coefficient (Wildman–Crippen LogP) is 3.46. The fourth-order valence-electron chi connectivity index (χ4n) is 2.33. The van der Waals surface area contributed by atoms with Gasteiger partial charge in [-0.1, -0.05) is 13.8 Å². The maximum absolute atomic E-state index is 5.32. The first kappa shape index (κ1) is 9.97. The highest BCUT2D eigenvalue weighted by Gasteiger charge is 2.35. The zero-order valence-electron chi connectivity index (χ0n) is 9.08. The molecular formula is C11H18N2S. The van der Waals surface area contributed by atoms with E-state index in [0.717, 1.165) is 10.7 Å². The Hall–Kier alpha value is -0.570. The van der Waals surface area contributed by atoms with E-state index < -0.39 is 0 Å². The molecule has 2 rings (SSSR count). The third-order valence-corrected chi connectivity index (χ3v) is 3.40. The number of aromatic amines is 1. The summed E-state index contributed by atoms with van der Waals surface area (Å²) in [5.41, 5.74) is 1.26. The lowest BCUT2D eigenvalue weighted by Crippen LogP contribution is -2.18. The molecule has 0 bridgehead atoms. The van der Waals surface area contributed by atoms with E-state index in [1.165, 1.54) is 18.5 Å². The molecule has 1 aromatic heterocycles. The Balaban J connectivity index is 2.39. The molecule has 1 heterocycles. The molecule has 1 atom stereocenters. The van der Waals surface area contributed by atoms with Crippen molar-refractivity contribution in [2.75, 3.05) is 0 Å². The van der Waals surface area contributed by atoms with Crippen LogP contribution in [0.15, 0.2) is 6.20 Å². The number of hydrogen-bond donors (Lipinski definition) is 1. The summed E-state index contributed by atoms with van der Waals surface area (Å²) in [5, 5.41) is 0. The second kappa shape index (κ2) is 3.54. The Morgan fingerprint density at radius 3 is 2.50 bits per heavy atom. The molecule has 0 aromatic carbocycles. The molecule has 1 N–H and O–H groups in total. The van der Waals surface area contributed by atoms with Crippen molar-refractivity contribution in [2.45, 2.75) is 39.7 Å². The number of aromatic nitrogens is 2. The molecular weight excluding hydrogens is 192 g/mol. The summed E-state index contributed by atoms with van der Waals surface area (Å²) in [6.45, 7) is 6.71. The van der Waals surface area contributed by atoms with E-state index >= 15 is 0 Å². The van der Waals surface area contributed by atoms with E-state index in [1.54, 1.807) is 0 Å². The van der Waals surface area contributed by atoms with Crippen LogP contribution >= 0.6 is 12.2 Å². The predicted molar refractivity (Wildman–Crippen MR) is 61.0 cm³/mol. The van der Waals surface area contributed by atoms with Crippen molar-refractivity contribution in [2.24, 2.45) is 11.8 Å². The van der Waals surface area contributed by atoms with Crippen molar-refractivity contribution in [1.82, 2.24) is 9.55 Å². The average molecular weight is 210 g/mol. The van der Waals surface area contributed by atoms with Gasteiger partial charge in [-0.25, -0.2) is 0 Å². The van der Waals surface area contributed by atoms with Gasteiger partial charge < -0.3 is 9.55 Å². The summed E-state index contributed by atoms with van der Waals surface area (Å²) in [5.74, 6) is 1.53. The number of rotatable bonds is 3. The van der Waals surface area contributed by atoms with Gasteiger partial charge in [-0.05, 0) is 43.8 Å². The number of nitrogens with one attached hydrogen (secondary N) is 1. The van der Waals surface area contributed by atoms with Crippen LogP contribution in [0.4, 0.5) is 0 Å².